The van der Waals surface area contributed by atoms with Gasteiger partial charge < -0.3 is 15.4 Å². The number of nitro groups is 1. The highest BCUT2D eigenvalue weighted by atomic mass is 19.1. The Kier molecular flexibility index (Phi) is 4.92. The third-order valence-corrected chi connectivity index (χ3v) is 3.98. The van der Waals surface area contributed by atoms with E-state index in [4.69, 9.17) is 0 Å². The average Bonchev–Trinajstić information content (AvgIpc) is 2.95. The lowest BCUT2D eigenvalue weighted by Gasteiger charge is -2.20. The van der Waals surface area contributed by atoms with Crippen LogP contribution in [-0.2, 0) is 13.5 Å². The molecule has 1 heterocycles. The zero-order valence-electron chi connectivity index (χ0n) is 13.9. The summed E-state index contributed by atoms with van der Waals surface area (Å²) >= 11 is 0. The van der Waals surface area contributed by atoms with Crippen LogP contribution in [0.1, 0.15) is 17.2 Å². The van der Waals surface area contributed by atoms with Crippen LogP contribution in [0.4, 0.5) is 20.4 Å². The molecule has 2 aromatic carbocycles. The Morgan fingerprint density at radius 1 is 1.19 bits per heavy atom. The zero-order chi connectivity index (χ0) is 18.7. The molecular weight excluding hydrogens is 342 g/mol. The van der Waals surface area contributed by atoms with Crippen molar-refractivity contribution in [2.75, 3.05) is 5.32 Å². The summed E-state index contributed by atoms with van der Waals surface area (Å²) in [4.78, 5) is 14.4. The van der Waals surface area contributed by atoms with Gasteiger partial charge in [0.05, 0.1) is 6.04 Å². The topological polar surface area (TPSA) is 73.0 Å². The summed E-state index contributed by atoms with van der Waals surface area (Å²) in [6.07, 6.45) is 1.63. The Hall–Kier alpha value is -3.29. The predicted octanol–water partition coefficient (Wildman–Crippen LogP) is 4.00. The molecule has 0 bridgehead atoms. The molecule has 8 heteroatoms. The first-order chi connectivity index (χ1) is 12.4. The van der Waals surface area contributed by atoms with Gasteiger partial charge in [-0.15, -0.1) is 0 Å². The molecule has 0 aliphatic rings. The van der Waals surface area contributed by atoms with E-state index in [2.05, 4.69) is 10.3 Å². The molecule has 0 saturated carbocycles. The van der Waals surface area contributed by atoms with Crippen molar-refractivity contribution in [2.24, 2.45) is 7.05 Å². The van der Waals surface area contributed by atoms with Crippen LogP contribution in [0, 0.1) is 21.7 Å². The smallest absolute Gasteiger partial charge is 0.358 e. The fraction of sp³-hybridized carbons (Fsp3) is 0.167. The van der Waals surface area contributed by atoms with Gasteiger partial charge in [0.1, 0.15) is 11.6 Å². The first-order valence-electron chi connectivity index (χ1n) is 7.86. The summed E-state index contributed by atoms with van der Waals surface area (Å²) < 4.78 is 28.7. The number of nitrogens with zero attached hydrogens (tertiary/aromatic N) is 3. The van der Waals surface area contributed by atoms with E-state index in [-0.39, 0.29) is 17.5 Å². The van der Waals surface area contributed by atoms with E-state index < -0.39 is 16.8 Å². The minimum atomic E-state index is -0.590. The molecule has 1 atom stereocenters. The van der Waals surface area contributed by atoms with Gasteiger partial charge in [-0.05, 0) is 51.7 Å². The Labute approximate surface area is 148 Å². The highest BCUT2D eigenvalue weighted by Crippen LogP contribution is 2.29. The number of anilines is 1. The second-order valence-electron chi connectivity index (χ2n) is 5.87. The number of rotatable bonds is 6. The van der Waals surface area contributed by atoms with E-state index in [0.29, 0.717) is 17.5 Å². The Bertz CT molecular complexity index is 942. The van der Waals surface area contributed by atoms with E-state index in [0.717, 1.165) is 0 Å². The summed E-state index contributed by atoms with van der Waals surface area (Å²) in [6.45, 7) is 0. The quantitative estimate of drug-likeness (QED) is 0.534. The Balaban J connectivity index is 1.98. The van der Waals surface area contributed by atoms with Crippen molar-refractivity contribution in [2.45, 2.75) is 12.5 Å². The lowest BCUT2D eigenvalue weighted by Crippen LogP contribution is -2.16. The molecule has 1 aromatic heterocycles. The molecule has 0 fully saturated rings. The maximum atomic E-state index is 13.7. The first-order valence-corrected chi connectivity index (χ1v) is 7.86. The monoisotopic (exact) mass is 358 g/mol. The molecule has 0 aliphatic carbocycles. The largest absolute Gasteiger partial charge is 0.406 e. The van der Waals surface area contributed by atoms with E-state index in [1.54, 1.807) is 31.3 Å². The van der Waals surface area contributed by atoms with E-state index >= 15 is 0 Å². The van der Waals surface area contributed by atoms with E-state index in [1.807, 2.05) is 0 Å². The van der Waals surface area contributed by atoms with Crippen LogP contribution < -0.4 is 5.32 Å². The third kappa shape index (κ3) is 3.85. The third-order valence-electron chi connectivity index (χ3n) is 3.98. The molecule has 3 aromatic rings. The van der Waals surface area contributed by atoms with Gasteiger partial charge in [-0.3, -0.25) is 4.57 Å². The molecule has 0 saturated heterocycles. The molecular formula is C18H16F2N4O2. The number of aromatic nitrogens is 2. The lowest BCUT2D eigenvalue weighted by molar-refractivity contribution is -0.388. The Morgan fingerprint density at radius 3 is 2.54 bits per heavy atom. The Morgan fingerprint density at radius 2 is 1.88 bits per heavy atom. The summed E-state index contributed by atoms with van der Waals surface area (Å²) in [5, 5.41) is 14.2. The second kappa shape index (κ2) is 7.30. The molecule has 3 rings (SSSR count). The van der Waals surface area contributed by atoms with Gasteiger partial charge in [0.15, 0.2) is 0 Å². The molecule has 1 N–H and O–H groups in total. The van der Waals surface area contributed by atoms with E-state index in [1.165, 1.54) is 35.2 Å². The summed E-state index contributed by atoms with van der Waals surface area (Å²) in [5.41, 5.74) is 1.27. The van der Waals surface area contributed by atoms with Crippen molar-refractivity contribution < 1.29 is 13.7 Å². The van der Waals surface area contributed by atoms with Gasteiger partial charge in [-0.2, -0.15) is 0 Å². The number of benzene rings is 2. The van der Waals surface area contributed by atoms with Crippen LogP contribution in [0.5, 0.6) is 0 Å². The highest BCUT2D eigenvalue weighted by molar-refractivity contribution is 5.54. The highest BCUT2D eigenvalue weighted by Gasteiger charge is 2.24. The van der Waals surface area contributed by atoms with Crippen LogP contribution in [0.2, 0.25) is 0 Å². The standard InChI is InChI=1S/C18H16F2N4O2/c1-23-11-21-17(24(25)26)18(23)22-16(13-5-3-7-15(20)10-13)9-12-4-2-6-14(19)8-12/h2-8,10-11,16,22H,9H2,1H3/t16-/m1/s1. The number of halogens is 2. The number of imidazole rings is 1. The molecule has 0 unspecified atom stereocenters. The van der Waals surface area contributed by atoms with Gasteiger partial charge >= 0.3 is 5.82 Å². The molecule has 26 heavy (non-hydrogen) atoms. The van der Waals surface area contributed by atoms with Gasteiger partial charge in [-0.1, -0.05) is 24.3 Å². The van der Waals surface area contributed by atoms with Crippen LogP contribution >= 0.6 is 0 Å². The fourth-order valence-electron chi connectivity index (χ4n) is 2.76. The van der Waals surface area contributed by atoms with Gasteiger partial charge in [-0.25, -0.2) is 8.78 Å². The molecule has 0 aliphatic heterocycles. The number of hydrogen-bond acceptors (Lipinski definition) is 4. The minimum absolute atomic E-state index is 0.195. The maximum absolute atomic E-state index is 13.7. The van der Waals surface area contributed by atoms with Crippen molar-refractivity contribution in [3.05, 3.63) is 87.7 Å². The molecule has 6 nitrogen and oxygen atoms in total. The van der Waals surface area contributed by atoms with Crippen molar-refractivity contribution in [1.82, 2.24) is 9.55 Å². The number of aryl methyl sites for hydroxylation is 1. The molecule has 0 spiro atoms. The van der Waals surface area contributed by atoms with Gasteiger partial charge in [0.2, 0.25) is 12.1 Å². The van der Waals surface area contributed by atoms with Crippen LogP contribution in [0.3, 0.4) is 0 Å². The van der Waals surface area contributed by atoms with Crippen LogP contribution in [0.15, 0.2) is 54.9 Å². The zero-order valence-corrected chi connectivity index (χ0v) is 13.9. The van der Waals surface area contributed by atoms with Crippen LogP contribution in [-0.4, -0.2) is 14.5 Å². The lowest BCUT2D eigenvalue weighted by atomic mass is 9.98. The fourth-order valence-corrected chi connectivity index (χ4v) is 2.76. The van der Waals surface area contributed by atoms with Crippen LogP contribution in [0.25, 0.3) is 0 Å². The SMILES string of the molecule is Cn1cnc([N+](=O)[O-])c1N[C@H](Cc1cccc(F)c1)c1cccc(F)c1. The van der Waals surface area contributed by atoms with Crippen molar-refractivity contribution in [3.8, 4) is 0 Å². The van der Waals surface area contributed by atoms with Gasteiger partial charge in [0.25, 0.3) is 0 Å². The maximum Gasteiger partial charge on any atom is 0.406 e. The number of hydrogen-bond donors (Lipinski definition) is 1. The molecule has 0 radical (unpaired) electrons. The van der Waals surface area contributed by atoms with Crippen molar-refractivity contribution >= 4 is 11.6 Å². The normalized spacial score (nSPS) is 12.0. The summed E-state index contributed by atoms with van der Waals surface area (Å²) in [5.74, 6) is -0.936. The molecule has 0 amide bonds. The number of nitrogens with one attached hydrogen (secondary N) is 1. The van der Waals surface area contributed by atoms with Gasteiger partial charge in [0, 0.05) is 7.05 Å². The predicted molar refractivity (Wildman–Crippen MR) is 92.7 cm³/mol. The second-order valence-corrected chi connectivity index (χ2v) is 5.87. The first kappa shape index (κ1) is 17.5. The van der Waals surface area contributed by atoms with E-state index in [9.17, 15) is 18.9 Å². The summed E-state index contributed by atoms with van der Waals surface area (Å²) in [6, 6.07) is 11.5. The molecule has 134 valence electrons. The van der Waals surface area contributed by atoms with Crippen molar-refractivity contribution in [3.63, 3.8) is 0 Å². The summed E-state index contributed by atoms with van der Waals surface area (Å²) in [7, 11) is 1.62. The van der Waals surface area contributed by atoms with Crippen molar-refractivity contribution in [1.29, 1.82) is 0 Å². The average molecular weight is 358 g/mol. The minimum Gasteiger partial charge on any atom is -0.358 e.